The summed E-state index contributed by atoms with van der Waals surface area (Å²) >= 11 is 0. The second-order valence-electron chi connectivity index (χ2n) is 7.02. The smallest absolute Gasteiger partial charge is 0.262 e. The maximum absolute atomic E-state index is 12.6. The average molecular weight is 352 g/mol. The zero-order chi connectivity index (χ0) is 17.5. The quantitative estimate of drug-likeness (QED) is 0.773. The SMILES string of the molecule is O=c1[nH]c([C@@H]2CC[C@H]2c2ncccn2)nc2c1cnn2C1CCOCC1. The Balaban J connectivity index is 1.53. The molecule has 26 heavy (non-hydrogen) atoms. The van der Waals surface area contributed by atoms with Crippen molar-refractivity contribution in [2.45, 2.75) is 43.6 Å². The van der Waals surface area contributed by atoms with Crippen LogP contribution in [0.4, 0.5) is 0 Å². The van der Waals surface area contributed by atoms with Crippen LogP contribution in [0.25, 0.3) is 11.0 Å². The van der Waals surface area contributed by atoms with E-state index in [1.54, 1.807) is 18.6 Å². The van der Waals surface area contributed by atoms with Crippen molar-refractivity contribution in [3.05, 3.63) is 46.7 Å². The summed E-state index contributed by atoms with van der Waals surface area (Å²) in [6.45, 7) is 1.44. The maximum atomic E-state index is 12.6. The molecule has 0 radical (unpaired) electrons. The summed E-state index contributed by atoms with van der Waals surface area (Å²) < 4.78 is 7.35. The van der Waals surface area contributed by atoms with Gasteiger partial charge in [-0.15, -0.1) is 0 Å². The van der Waals surface area contributed by atoms with E-state index >= 15 is 0 Å². The van der Waals surface area contributed by atoms with E-state index in [1.165, 1.54) is 0 Å². The van der Waals surface area contributed by atoms with Crippen molar-refractivity contribution in [1.29, 1.82) is 0 Å². The van der Waals surface area contributed by atoms with Gasteiger partial charge < -0.3 is 9.72 Å². The Morgan fingerprint density at radius 2 is 1.85 bits per heavy atom. The predicted octanol–water partition coefficient (Wildman–Crippen LogP) is 1.92. The van der Waals surface area contributed by atoms with E-state index in [4.69, 9.17) is 9.72 Å². The number of H-pyrrole nitrogens is 1. The fourth-order valence-corrected chi connectivity index (χ4v) is 3.96. The molecule has 0 aromatic carbocycles. The summed E-state index contributed by atoms with van der Waals surface area (Å²) in [5.74, 6) is 1.90. The van der Waals surface area contributed by atoms with E-state index < -0.39 is 0 Å². The lowest BCUT2D eigenvalue weighted by Crippen LogP contribution is -2.28. The molecule has 1 saturated heterocycles. The van der Waals surface area contributed by atoms with Gasteiger partial charge in [-0.05, 0) is 31.7 Å². The highest BCUT2D eigenvalue weighted by atomic mass is 16.5. The molecule has 0 spiro atoms. The van der Waals surface area contributed by atoms with Gasteiger partial charge in [0.2, 0.25) is 0 Å². The van der Waals surface area contributed by atoms with Crippen LogP contribution in [0.5, 0.6) is 0 Å². The van der Waals surface area contributed by atoms with Crippen LogP contribution >= 0.6 is 0 Å². The van der Waals surface area contributed by atoms with E-state index in [1.807, 2.05) is 10.7 Å². The molecule has 2 fully saturated rings. The minimum atomic E-state index is -0.122. The zero-order valence-corrected chi connectivity index (χ0v) is 14.3. The second-order valence-corrected chi connectivity index (χ2v) is 7.02. The van der Waals surface area contributed by atoms with E-state index in [0.717, 1.165) is 50.5 Å². The number of aromatic amines is 1. The molecule has 0 unspecified atom stereocenters. The van der Waals surface area contributed by atoms with E-state index in [0.29, 0.717) is 11.0 Å². The van der Waals surface area contributed by atoms with Gasteiger partial charge in [-0.1, -0.05) is 0 Å². The Labute approximate surface area is 149 Å². The minimum absolute atomic E-state index is 0.122. The Morgan fingerprint density at radius 3 is 2.58 bits per heavy atom. The van der Waals surface area contributed by atoms with Crippen LogP contribution in [-0.4, -0.2) is 42.9 Å². The zero-order valence-electron chi connectivity index (χ0n) is 14.3. The van der Waals surface area contributed by atoms with Crippen molar-refractivity contribution in [2.24, 2.45) is 0 Å². The molecule has 3 aromatic heterocycles. The van der Waals surface area contributed by atoms with Crippen LogP contribution in [0, 0.1) is 0 Å². The van der Waals surface area contributed by atoms with Crippen molar-refractivity contribution in [2.75, 3.05) is 13.2 Å². The average Bonchev–Trinajstić information content (AvgIpc) is 3.07. The van der Waals surface area contributed by atoms with Crippen LogP contribution in [0.15, 0.2) is 29.5 Å². The van der Waals surface area contributed by atoms with Gasteiger partial charge in [-0.25, -0.2) is 19.6 Å². The summed E-state index contributed by atoms with van der Waals surface area (Å²) in [6, 6.07) is 2.05. The highest BCUT2D eigenvalue weighted by Gasteiger charge is 2.37. The van der Waals surface area contributed by atoms with Crippen molar-refractivity contribution in [3.8, 4) is 0 Å². The van der Waals surface area contributed by atoms with Gasteiger partial charge in [0.05, 0.1) is 12.2 Å². The molecule has 134 valence electrons. The topological polar surface area (TPSA) is 98.6 Å². The maximum Gasteiger partial charge on any atom is 0.262 e. The summed E-state index contributed by atoms with van der Waals surface area (Å²) in [5, 5.41) is 5.00. The van der Waals surface area contributed by atoms with E-state index in [-0.39, 0.29) is 23.4 Å². The molecular formula is C18H20N6O2. The van der Waals surface area contributed by atoms with Gasteiger partial charge in [-0.3, -0.25) is 4.79 Å². The van der Waals surface area contributed by atoms with Gasteiger partial charge in [0.25, 0.3) is 5.56 Å². The molecule has 2 atom stereocenters. The molecule has 8 nitrogen and oxygen atoms in total. The first-order chi connectivity index (χ1) is 12.8. The first kappa shape index (κ1) is 15.6. The molecule has 0 amide bonds. The van der Waals surface area contributed by atoms with Crippen LogP contribution in [0.3, 0.4) is 0 Å². The number of fused-ring (bicyclic) bond motifs is 1. The molecule has 3 aromatic rings. The highest BCUT2D eigenvalue weighted by molar-refractivity contribution is 5.73. The Bertz CT molecular complexity index is 976. The molecule has 1 saturated carbocycles. The van der Waals surface area contributed by atoms with Crippen molar-refractivity contribution < 1.29 is 4.74 Å². The standard InChI is InChI=1S/C18H20N6O2/c25-18-14-10-21-24(11-4-8-26-9-5-11)17(14)22-16(23-18)13-3-2-12(13)15-19-6-1-7-20-15/h1,6-7,10-13H,2-5,8-9H2,(H,22,23,25)/t12-,13-/m1/s1. The number of hydrogen-bond acceptors (Lipinski definition) is 6. The summed E-state index contributed by atoms with van der Waals surface area (Å²) in [6.07, 6.45) is 8.92. The molecule has 5 rings (SSSR count). The fourth-order valence-electron chi connectivity index (χ4n) is 3.96. The number of nitrogens with one attached hydrogen (secondary N) is 1. The van der Waals surface area contributed by atoms with Crippen LogP contribution < -0.4 is 5.56 Å². The van der Waals surface area contributed by atoms with Crippen LogP contribution in [-0.2, 0) is 4.74 Å². The first-order valence-corrected chi connectivity index (χ1v) is 9.13. The molecule has 1 aliphatic heterocycles. The van der Waals surface area contributed by atoms with Gasteiger partial charge in [0, 0.05) is 37.4 Å². The number of aromatic nitrogens is 6. The predicted molar refractivity (Wildman–Crippen MR) is 94.0 cm³/mol. The molecule has 4 heterocycles. The molecule has 1 N–H and O–H groups in total. The van der Waals surface area contributed by atoms with Crippen LogP contribution in [0.2, 0.25) is 0 Å². The lowest BCUT2D eigenvalue weighted by molar-refractivity contribution is 0.0673. The number of nitrogens with zero attached hydrogens (tertiary/aromatic N) is 5. The van der Waals surface area contributed by atoms with Gasteiger partial charge in [0.15, 0.2) is 5.65 Å². The second kappa shape index (κ2) is 6.28. The number of ether oxygens (including phenoxy) is 1. The third-order valence-electron chi connectivity index (χ3n) is 5.56. The number of hydrogen-bond donors (Lipinski definition) is 1. The molecule has 1 aliphatic carbocycles. The van der Waals surface area contributed by atoms with Crippen LogP contribution in [0.1, 0.15) is 55.2 Å². The minimum Gasteiger partial charge on any atom is -0.381 e. The summed E-state index contributed by atoms with van der Waals surface area (Å²) in [7, 11) is 0. The van der Waals surface area contributed by atoms with Gasteiger partial charge in [0.1, 0.15) is 17.0 Å². The molecule has 8 heteroatoms. The molecule has 0 bridgehead atoms. The van der Waals surface area contributed by atoms with Crippen molar-refractivity contribution >= 4 is 11.0 Å². The molecule has 2 aliphatic rings. The van der Waals surface area contributed by atoms with Gasteiger partial charge >= 0.3 is 0 Å². The van der Waals surface area contributed by atoms with Crippen molar-refractivity contribution in [1.82, 2.24) is 29.7 Å². The Hall–Kier alpha value is -2.61. The molecular weight excluding hydrogens is 332 g/mol. The normalized spacial score (nSPS) is 23.8. The third-order valence-corrected chi connectivity index (χ3v) is 5.56. The van der Waals surface area contributed by atoms with E-state index in [9.17, 15) is 4.79 Å². The Morgan fingerprint density at radius 1 is 1.08 bits per heavy atom. The monoisotopic (exact) mass is 352 g/mol. The highest BCUT2D eigenvalue weighted by Crippen LogP contribution is 2.46. The number of rotatable bonds is 3. The van der Waals surface area contributed by atoms with Crippen molar-refractivity contribution in [3.63, 3.8) is 0 Å². The van der Waals surface area contributed by atoms with Gasteiger partial charge in [-0.2, -0.15) is 5.10 Å². The van der Waals surface area contributed by atoms with E-state index in [2.05, 4.69) is 20.1 Å². The lowest BCUT2D eigenvalue weighted by Gasteiger charge is -2.34. The Kier molecular flexibility index (Phi) is 3.77. The third kappa shape index (κ3) is 2.52. The summed E-state index contributed by atoms with van der Waals surface area (Å²) in [4.78, 5) is 29.1. The fraction of sp³-hybridized carbons (Fsp3) is 0.500. The lowest BCUT2D eigenvalue weighted by atomic mass is 9.72. The largest absolute Gasteiger partial charge is 0.381 e. The first-order valence-electron chi connectivity index (χ1n) is 9.13. The summed E-state index contributed by atoms with van der Waals surface area (Å²) in [5.41, 5.74) is 0.554.